The highest BCUT2D eigenvalue weighted by molar-refractivity contribution is 8.76. The van der Waals surface area contributed by atoms with Gasteiger partial charge in [0.05, 0.1) is 0 Å². The van der Waals surface area contributed by atoms with Crippen LogP contribution in [0.25, 0.3) is 0 Å². The molecule has 0 radical (unpaired) electrons. The Balaban J connectivity index is 4.85. The summed E-state index contributed by atoms with van der Waals surface area (Å²) in [5, 5.41) is -0.451. The Hall–Kier alpha value is -0.260. The molecule has 0 fully saturated rings. The monoisotopic (exact) mass is 550 g/mol. The van der Waals surface area contributed by atoms with Crippen LogP contribution in [-0.2, 0) is 19.2 Å². The highest BCUT2D eigenvalue weighted by Gasteiger charge is 2.20. The summed E-state index contributed by atoms with van der Waals surface area (Å²) in [6, 6.07) is 0. The predicted octanol–water partition coefficient (Wildman–Crippen LogP) is 6.45. The molecule has 4 nitrogen and oxygen atoms in total. The van der Waals surface area contributed by atoms with Crippen molar-refractivity contribution in [1.82, 2.24) is 0 Å². The van der Waals surface area contributed by atoms with Gasteiger partial charge < -0.3 is 0 Å². The molecule has 0 aliphatic rings. The van der Waals surface area contributed by atoms with Gasteiger partial charge in [-0.1, -0.05) is 95.0 Å². The summed E-state index contributed by atoms with van der Waals surface area (Å²) in [6.07, 6.45) is 0. The SMILES string of the molecule is C=C(C)C(=O)SCC(CSSCC(CSC(=O)C(=C)C)SC(=O)C(=C)C)SC(=O)C(=C)C. The van der Waals surface area contributed by atoms with E-state index in [0.717, 1.165) is 23.5 Å². The van der Waals surface area contributed by atoms with E-state index in [1.807, 2.05) is 0 Å². The standard InChI is InChI=1S/C22H30O4S6/c1-13(2)19(23)27-9-17(31-21(25)15(5)6)11-29-30-12-18(32-22(26)16(7)8)10-28-20(24)14(3)4/h17-18H,1,3,5,7,9-12H2,2,4,6,8H3. The van der Waals surface area contributed by atoms with E-state index >= 15 is 0 Å². The Labute approximate surface area is 216 Å². The highest BCUT2D eigenvalue weighted by atomic mass is 33.1. The van der Waals surface area contributed by atoms with E-state index in [0.29, 0.717) is 45.3 Å². The first-order valence-electron chi connectivity index (χ1n) is 9.47. The first-order chi connectivity index (χ1) is 14.8. The van der Waals surface area contributed by atoms with Crippen LogP contribution >= 0.6 is 68.6 Å². The molecule has 0 N–H and O–H groups in total. The molecule has 0 amide bonds. The van der Waals surface area contributed by atoms with E-state index in [1.165, 1.54) is 23.5 Å². The molecular weight excluding hydrogens is 521 g/mol. The van der Waals surface area contributed by atoms with Gasteiger partial charge in [-0.2, -0.15) is 0 Å². The van der Waals surface area contributed by atoms with Crippen molar-refractivity contribution in [2.24, 2.45) is 0 Å². The summed E-state index contributed by atoms with van der Waals surface area (Å²) in [5.41, 5.74) is 1.91. The molecule has 0 saturated carbocycles. The summed E-state index contributed by atoms with van der Waals surface area (Å²) >= 11 is 4.72. The molecule has 0 bridgehead atoms. The Morgan fingerprint density at radius 1 is 0.531 bits per heavy atom. The molecule has 2 atom stereocenters. The first kappa shape index (κ1) is 31.7. The van der Waals surface area contributed by atoms with Crippen LogP contribution in [0.5, 0.6) is 0 Å². The topological polar surface area (TPSA) is 68.3 Å². The number of thioether (sulfide) groups is 4. The zero-order valence-electron chi connectivity index (χ0n) is 18.9. The fraction of sp³-hybridized carbons (Fsp3) is 0.455. The van der Waals surface area contributed by atoms with E-state index < -0.39 is 0 Å². The molecular formula is C22H30O4S6. The zero-order chi connectivity index (χ0) is 24.8. The van der Waals surface area contributed by atoms with E-state index in [4.69, 9.17) is 0 Å². The lowest BCUT2D eigenvalue weighted by Crippen LogP contribution is -2.16. The molecule has 0 aromatic rings. The lowest BCUT2D eigenvalue weighted by molar-refractivity contribution is -0.108. The molecule has 2 unspecified atom stereocenters. The highest BCUT2D eigenvalue weighted by Crippen LogP contribution is 2.33. The fourth-order valence-electron chi connectivity index (χ4n) is 1.57. The number of carbonyl (C=O) groups is 4. The number of carbonyl (C=O) groups excluding carboxylic acids is 4. The Morgan fingerprint density at radius 2 is 0.812 bits per heavy atom. The molecule has 0 aromatic heterocycles. The summed E-state index contributed by atoms with van der Waals surface area (Å²) < 4.78 is 0. The van der Waals surface area contributed by atoms with Gasteiger partial charge in [0.25, 0.3) is 0 Å². The van der Waals surface area contributed by atoms with Gasteiger partial charge in [0.15, 0.2) is 0 Å². The van der Waals surface area contributed by atoms with Crippen LogP contribution in [-0.4, -0.2) is 54.0 Å². The quantitative estimate of drug-likeness (QED) is 0.129. The summed E-state index contributed by atoms with van der Waals surface area (Å²) in [4.78, 5) is 48.0. The smallest absolute Gasteiger partial charge is 0.214 e. The molecule has 0 aliphatic carbocycles. The van der Waals surface area contributed by atoms with Crippen molar-refractivity contribution < 1.29 is 19.2 Å². The van der Waals surface area contributed by atoms with Crippen molar-refractivity contribution in [2.45, 2.75) is 38.2 Å². The number of rotatable bonds is 15. The maximum Gasteiger partial charge on any atom is 0.214 e. The molecule has 10 heteroatoms. The first-order valence-corrected chi connectivity index (χ1v) is 15.7. The van der Waals surface area contributed by atoms with Crippen LogP contribution in [0.15, 0.2) is 48.6 Å². The van der Waals surface area contributed by atoms with Crippen molar-refractivity contribution in [3.63, 3.8) is 0 Å². The third-order valence-electron chi connectivity index (χ3n) is 3.33. The maximum absolute atomic E-state index is 12.1. The van der Waals surface area contributed by atoms with E-state index in [1.54, 1.807) is 49.3 Å². The van der Waals surface area contributed by atoms with Crippen LogP contribution < -0.4 is 0 Å². The average molecular weight is 551 g/mol. The van der Waals surface area contributed by atoms with Gasteiger partial charge in [-0.05, 0) is 50.0 Å². The minimum atomic E-state index is -0.0841. The summed E-state index contributed by atoms with van der Waals surface area (Å²) in [6.45, 7) is 21.4. The van der Waals surface area contributed by atoms with E-state index in [9.17, 15) is 19.2 Å². The minimum Gasteiger partial charge on any atom is -0.282 e. The minimum absolute atomic E-state index is 0.0625. The lowest BCUT2D eigenvalue weighted by Gasteiger charge is -2.17. The van der Waals surface area contributed by atoms with Gasteiger partial charge in [-0.25, -0.2) is 0 Å². The molecule has 0 heterocycles. The second-order valence-electron chi connectivity index (χ2n) is 6.94. The molecule has 32 heavy (non-hydrogen) atoms. The summed E-state index contributed by atoms with van der Waals surface area (Å²) in [5.74, 6) is 2.29. The predicted molar refractivity (Wildman–Crippen MR) is 152 cm³/mol. The van der Waals surface area contributed by atoms with Crippen molar-refractivity contribution in [3.05, 3.63) is 48.6 Å². The van der Waals surface area contributed by atoms with Crippen molar-refractivity contribution in [3.8, 4) is 0 Å². The van der Waals surface area contributed by atoms with Crippen LogP contribution in [0.2, 0.25) is 0 Å². The third kappa shape index (κ3) is 14.8. The van der Waals surface area contributed by atoms with Gasteiger partial charge in [-0.15, -0.1) is 0 Å². The molecule has 0 aromatic carbocycles. The molecule has 0 aliphatic heterocycles. The fourth-order valence-corrected chi connectivity index (χ4v) is 8.99. The van der Waals surface area contributed by atoms with Gasteiger partial charge >= 0.3 is 0 Å². The van der Waals surface area contributed by atoms with Crippen molar-refractivity contribution >= 4 is 89.1 Å². The second-order valence-corrected chi connectivity index (χ2v) is 14.0. The molecule has 0 saturated heterocycles. The lowest BCUT2D eigenvalue weighted by atomic mass is 10.4. The third-order valence-corrected chi connectivity index (χ3v) is 11.6. The molecule has 178 valence electrons. The van der Waals surface area contributed by atoms with E-state index in [2.05, 4.69) is 26.3 Å². The van der Waals surface area contributed by atoms with Gasteiger partial charge in [0.2, 0.25) is 20.5 Å². The average Bonchev–Trinajstić information content (AvgIpc) is 2.71. The van der Waals surface area contributed by atoms with Crippen molar-refractivity contribution in [1.29, 1.82) is 0 Å². The van der Waals surface area contributed by atoms with Crippen LogP contribution in [0.3, 0.4) is 0 Å². The largest absolute Gasteiger partial charge is 0.282 e. The van der Waals surface area contributed by atoms with Crippen LogP contribution in [0.1, 0.15) is 27.7 Å². The van der Waals surface area contributed by atoms with Gasteiger partial charge in [0.1, 0.15) is 0 Å². The van der Waals surface area contributed by atoms with Crippen LogP contribution in [0, 0.1) is 0 Å². The molecule has 0 rings (SSSR count). The molecule has 0 spiro atoms. The second kappa shape index (κ2) is 17.2. The summed E-state index contributed by atoms with van der Waals surface area (Å²) in [7, 11) is 3.18. The zero-order valence-corrected chi connectivity index (χ0v) is 23.8. The number of hydrogen-bond donors (Lipinski definition) is 0. The van der Waals surface area contributed by atoms with Crippen molar-refractivity contribution in [2.75, 3.05) is 23.0 Å². The van der Waals surface area contributed by atoms with Gasteiger partial charge in [0, 0.05) is 33.5 Å². The maximum atomic E-state index is 12.1. The van der Waals surface area contributed by atoms with Crippen LogP contribution in [0.4, 0.5) is 0 Å². The Bertz CT molecular complexity index is 710. The Morgan fingerprint density at radius 3 is 1.06 bits per heavy atom. The number of hydrogen-bond acceptors (Lipinski definition) is 10. The van der Waals surface area contributed by atoms with Gasteiger partial charge in [-0.3, -0.25) is 19.2 Å². The normalized spacial score (nSPS) is 12.5. The van der Waals surface area contributed by atoms with E-state index in [-0.39, 0.29) is 31.0 Å². The Kier molecular flexibility index (Phi) is 17.1.